The Morgan fingerprint density at radius 3 is 2.79 bits per heavy atom. The van der Waals surface area contributed by atoms with Gasteiger partial charge in [0.15, 0.2) is 0 Å². The Morgan fingerprint density at radius 1 is 1.57 bits per heavy atom. The molecule has 1 rings (SSSR count). The molecule has 0 radical (unpaired) electrons. The molecule has 1 fully saturated rings. The Bertz CT molecular complexity index is 166. The highest BCUT2D eigenvalue weighted by molar-refractivity contribution is 4.89. The Kier molecular flexibility index (Phi) is 5.20. The summed E-state index contributed by atoms with van der Waals surface area (Å²) >= 11 is 0. The fourth-order valence-electron chi connectivity index (χ4n) is 1.89. The smallest absolute Gasteiger partial charge is 0.0753 e. The van der Waals surface area contributed by atoms with Gasteiger partial charge in [0.1, 0.15) is 0 Å². The van der Waals surface area contributed by atoms with Crippen LogP contribution in [0.3, 0.4) is 0 Å². The monoisotopic (exact) mass is 197 g/mol. The van der Waals surface area contributed by atoms with Crippen LogP contribution in [0.15, 0.2) is 12.7 Å². The Morgan fingerprint density at radius 2 is 2.29 bits per heavy atom. The summed E-state index contributed by atoms with van der Waals surface area (Å²) in [5, 5.41) is 0. The van der Waals surface area contributed by atoms with E-state index < -0.39 is 0 Å². The Labute approximate surface area is 87.5 Å². The van der Waals surface area contributed by atoms with Gasteiger partial charge >= 0.3 is 0 Å². The maximum Gasteiger partial charge on any atom is 0.0753 e. The van der Waals surface area contributed by atoms with E-state index in [4.69, 9.17) is 10.5 Å². The summed E-state index contributed by atoms with van der Waals surface area (Å²) in [6, 6.07) is 0.224. The van der Waals surface area contributed by atoms with Crippen LogP contribution in [0.2, 0.25) is 0 Å². The first-order valence-electron chi connectivity index (χ1n) is 5.77. The zero-order valence-corrected chi connectivity index (χ0v) is 9.24. The molecule has 2 N–H and O–H groups in total. The predicted octanol–water partition coefficient (Wildman–Crippen LogP) is 2.49. The van der Waals surface area contributed by atoms with Crippen molar-refractivity contribution in [2.24, 2.45) is 11.7 Å². The van der Waals surface area contributed by atoms with Crippen LogP contribution in [0.5, 0.6) is 0 Å². The van der Waals surface area contributed by atoms with Crippen LogP contribution in [0.4, 0.5) is 0 Å². The summed E-state index contributed by atoms with van der Waals surface area (Å²) in [5.41, 5.74) is 6.13. The van der Waals surface area contributed by atoms with Crippen LogP contribution in [0.1, 0.15) is 39.0 Å². The summed E-state index contributed by atoms with van der Waals surface area (Å²) in [4.78, 5) is 0. The minimum atomic E-state index is 0.224. The molecule has 0 bridgehead atoms. The minimum Gasteiger partial charge on any atom is -0.377 e. The molecule has 14 heavy (non-hydrogen) atoms. The van der Waals surface area contributed by atoms with Gasteiger partial charge in [0.25, 0.3) is 0 Å². The van der Waals surface area contributed by atoms with E-state index >= 15 is 0 Å². The van der Waals surface area contributed by atoms with Crippen molar-refractivity contribution in [3.05, 3.63) is 12.7 Å². The van der Waals surface area contributed by atoms with Crippen molar-refractivity contribution in [3.8, 4) is 0 Å². The average molecular weight is 197 g/mol. The molecule has 0 aliphatic heterocycles. The number of hydrogen-bond acceptors (Lipinski definition) is 2. The van der Waals surface area contributed by atoms with Crippen molar-refractivity contribution in [2.75, 3.05) is 6.61 Å². The van der Waals surface area contributed by atoms with Gasteiger partial charge in [-0.3, -0.25) is 0 Å². The van der Waals surface area contributed by atoms with Gasteiger partial charge in [-0.05, 0) is 44.9 Å². The molecular formula is C12H23NO. The van der Waals surface area contributed by atoms with E-state index in [1.54, 1.807) is 0 Å². The number of ether oxygens (including phenoxy) is 1. The first kappa shape index (κ1) is 11.7. The predicted molar refractivity (Wildman–Crippen MR) is 60.2 cm³/mol. The topological polar surface area (TPSA) is 35.2 Å². The third kappa shape index (κ3) is 3.81. The first-order valence-corrected chi connectivity index (χ1v) is 5.77. The molecule has 82 valence electrons. The Hall–Kier alpha value is -0.340. The Balaban J connectivity index is 2.22. The SMILES string of the molecule is C=CCCCC(N)C(OCC)C1CC1. The number of unbranched alkanes of at least 4 members (excludes halogenated alkanes) is 1. The summed E-state index contributed by atoms with van der Waals surface area (Å²) < 4.78 is 5.71. The van der Waals surface area contributed by atoms with Crippen molar-refractivity contribution in [3.63, 3.8) is 0 Å². The molecular weight excluding hydrogens is 174 g/mol. The maximum absolute atomic E-state index is 6.13. The van der Waals surface area contributed by atoms with Crippen LogP contribution in [-0.2, 0) is 4.74 Å². The summed E-state index contributed by atoms with van der Waals surface area (Å²) in [7, 11) is 0. The lowest BCUT2D eigenvalue weighted by atomic mass is 10.0. The molecule has 0 amide bonds. The fourth-order valence-corrected chi connectivity index (χ4v) is 1.89. The molecule has 2 unspecified atom stereocenters. The van der Waals surface area contributed by atoms with E-state index in [0.29, 0.717) is 6.10 Å². The number of hydrogen-bond donors (Lipinski definition) is 1. The van der Waals surface area contributed by atoms with Gasteiger partial charge in [-0.2, -0.15) is 0 Å². The number of rotatable bonds is 8. The quantitative estimate of drug-likeness (QED) is 0.479. The highest BCUT2D eigenvalue weighted by atomic mass is 16.5. The largest absolute Gasteiger partial charge is 0.377 e. The minimum absolute atomic E-state index is 0.224. The van der Waals surface area contributed by atoms with Crippen molar-refractivity contribution in [1.29, 1.82) is 0 Å². The summed E-state index contributed by atoms with van der Waals surface area (Å²) in [5.74, 6) is 0.744. The normalized spacial score (nSPS) is 20.4. The van der Waals surface area contributed by atoms with Gasteiger partial charge < -0.3 is 10.5 Å². The van der Waals surface area contributed by atoms with E-state index in [0.717, 1.165) is 31.8 Å². The molecule has 0 aromatic heterocycles. The van der Waals surface area contributed by atoms with Crippen molar-refractivity contribution in [1.82, 2.24) is 0 Å². The van der Waals surface area contributed by atoms with Crippen molar-refractivity contribution >= 4 is 0 Å². The van der Waals surface area contributed by atoms with E-state index in [-0.39, 0.29) is 6.04 Å². The van der Waals surface area contributed by atoms with Crippen LogP contribution in [0, 0.1) is 5.92 Å². The maximum atomic E-state index is 6.13. The molecule has 2 heteroatoms. The lowest BCUT2D eigenvalue weighted by Crippen LogP contribution is -2.38. The highest BCUT2D eigenvalue weighted by Crippen LogP contribution is 2.36. The third-order valence-corrected chi connectivity index (χ3v) is 2.81. The molecule has 2 nitrogen and oxygen atoms in total. The number of allylic oxidation sites excluding steroid dienone is 1. The average Bonchev–Trinajstić information content (AvgIpc) is 2.98. The fraction of sp³-hybridized carbons (Fsp3) is 0.833. The number of nitrogens with two attached hydrogens (primary N) is 1. The zero-order valence-electron chi connectivity index (χ0n) is 9.24. The van der Waals surface area contributed by atoms with Crippen molar-refractivity contribution in [2.45, 2.75) is 51.2 Å². The third-order valence-electron chi connectivity index (χ3n) is 2.81. The van der Waals surface area contributed by atoms with E-state index in [9.17, 15) is 0 Å². The highest BCUT2D eigenvalue weighted by Gasteiger charge is 2.35. The lowest BCUT2D eigenvalue weighted by molar-refractivity contribution is 0.0264. The molecule has 1 aliphatic carbocycles. The van der Waals surface area contributed by atoms with Gasteiger partial charge in [-0.1, -0.05) is 6.08 Å². The van der Waals surface area contributed by atoms with Gasteiger partial charge in [-0.25, -0.2) is 0 Å². The van der Waals surface area contributed by atoms with Crippen molar-refractivity contribution < 1.29 is 4.74 Å². The molecule has 0 aromatic carbocycles. The lowest BCUT2D eigenvalue weighted by Gasteiger charge is -2.23. The second-order valence-electron chi connectivity index (χ2n) is 4.14. The molecule has 1 saturated carbocycles. The molecule has 0 saturated heterocycles. The first-order chi connectivity index (χ1) is 6.79. The zero-order chi connectivity index (χ0) is 10.4. The standard InChI is InChI=1S/C12H23NO/c1-3-5-6-7-11(13)12(14-4-2)10-8-9-10/h3,10-12H,1,4-9,13H2,2H3. The molecule has 0 heterocycles. The van der Waals surface area contributed by atoms with Gasteiger partial charge in [-0.15, -0.1) is 6.58 Å². The van der Waals surface area contributed by atoms with E-state index in [1.165, 1.54) is 12.8 Å². The second kappa shape index (κ2) is 6.20. The van der Waals surface area contributed by atoms with Crippen LogP contribution in [0.25, 0.3) is 0 Å². The van der Waals surface area contributed by atoms with E-state index in [2.05, 4.69) is 6.58 Å². The van der Waals surface area contributed by atoms with Crippen LogP contribution >= 0.6 is 0 Å². The molecule has 0 spiro atoms. The molecule has 2 atom stereocenters. The van der Waals surface area contributed by atoms with Gasteiger partial charge in [0.05, 0.1) is 6.10 Å². The summed E-state index contributed by atoms with van der Waals surface area (Å²) in [6.07, 6.45) is 8.15. The molecule has 0 aromatic rings. The van der Waals surface area contributed by atoms with Crippen LogP contribution in [-0.4, -0.2) is 18.8 Å². The van der Waals surface area contributed by atoms with Crippen LogP contribution < -0.4 is 5.73 Å². The van der Waals surface area contributed by atoms with Gasteiger partial charge in [0, 0.05) is 12.6 Å². The second-order valence-corrected chi connectivity index (χ2v) is 4.14. The van der Waals surface area contributed by atoms with E-state index in [1.807, 2.05) is 13.0 Å². The van der Waals surface area contributed by atoms with Gasteiger partial charge in [0.2, 0.25) is 0 Å². The molecule has 1 aliphatic rings. The summed E-state index contributed by atoms with van der Waals surface area (Å²) in [6.45, 7) is 6.55.